The molecule has 1 aromatic carbocycles. The maximum absolute atomic E-state index is 14.1. The molecule has 0 spiro atoms. The standard InChI is InChI=1S/C19H17FN10O/c1-10-12-5-11(20)3-4-15(12)30-27-23-9-29(30)8-14-18(16(7-21)28(2)26-14)13-6-17(31-10)19(22)25-24-13/h3-6,9-10,27H,8H2,1-2H3,(H2,22,25). The highest BCUT2D eigenvalue weighted by Crippen LogP contribution is 2.37. The zero-order valence-electron chi connectivity index (χ0n) is 16.6. The minimum Gasteiger partial charge on any atom is -0.482 e. The summed E-state index contributed by atoms with van der Waals surface area (Å²) < 4.78 is 21.7. The molecule has 31 heavy (non-hydrogen) atoms. The molecule has 2 bridgehead atoms. The van der Waals surface area contributed by atoms with Gasteiger partial charge in [0.2, 0.25) is 0 Å². The molecule has 1 unspecified atom stereocenters. The number of hydrogen-bond donors (Lipinski definition) is 2. The third kappa shape index (κ3) is 2.94. The zero-order valence-corrected chi connectivity index (χ0v) is 16.6. The molecule has 3 N–H and O–H groups in total. The van der Waals surface area contributed by atoms with Crippen molar-refractivity contribution in [2.24, 2.45) is 12.1 Å². The van der Waals surface area contributed by atoms with Crippen molar-refractivity contribution >= 4 is 17.8 Å². The number of anilines is 2. The van der Waals surface area contributed by atoms with Gasteiger partial charge in [0.15, 0.2) is 11.6 Å². The Bertz CT molecular complexity index is 1260. The summed E-state index contributed by atoms with van der Waals surface area (Å²) in [6, 6.07) is 8.17. The monoisotopic (exact) mass is 420 g/mol. The van der Waals surface area contributed by atoms with Crippen molar-refractivity contribution in [3.63, 3.8) is 0 Å². The van der Waals surface area contributed by atoms with Crippen LogP contribution in [0.3, 0.4) is 0 Å². The van der Waals surface area contributed by atoms with Crippen LogP contribution in [0, 0.1) is 17.1 Å². The van der Waals surface area contributed by atoms with Crippen LogP contribution in [0.25, 0.3) is 11.3 Å². The molecule has 156 valence electrons. The molecule has 1 atom stereocenters. The molecule has 12 heteroatoms. The van der Waals surface area contributed by atoms with E-state index in [1.165, 1.54) is 16.8 Å². The van der Waals surface area contributed by atoms with E-state index in [0.717, 1.165) is 0 Å². The average molecular weight is 420 g/mol. The number of fused-ring (bicyclic) bond motifs is 7. The number of hydrogen-bond acceptors (Lipinski definition) is 10. The first-order valence-electron chi connectivity index (χ1n) is 9.37. The van der Waals surface area contributed by atoms with Crippen molar-refractivity contribution in [3.8, 4) is 23.1 Å². The van der Waals surface area contributed by atoms with E-state index in [9.17, 15) is 9.65 Å². The van der Waals surface area contributed by atoms with E-state index in [-0.39, 0.29) is 18.1 Å². The second-order valence-corrected chi connectivity index (χ2v) is 7.10. The van der Waals surface area contributed by atoms with Crippen molar-refractivity contribution in [2.75, 3.05) is 10.9 Å². The summed E-state index contributed by atoms with van der Waals surface area (Å²) in [4.78, 5) is 0. The van der Waals surface area contributed by atoms with Gasteiger partial charge in [-0.05, 0) is 25.1 Å². The lowest BCUT2D eigenvalue weighted by molar-refractivity contribution is 0.225. The number of nitriles is 1. The van der Waals surface area contributed by atoms with Gasteiger partial charge in [-0.3, -0.25) is 4.68 Å². The Kier molecular flexibility index (Phi) is 4.11. The van der Waals surface area contributed by atoms with Gasteiger partial charge in [0.25, 0.3) is 0 Å². The van der Waals surface area contributed by atoms with E-state index in [1.54, 1.807) is 42.6 Å². The Hall–Kier alpha value is -4.40. The van der Waals surface area contributed by atoms with E-state index < -0.39 is 11.9 Å². The number of ether oxygens (including phenoxy) is 1. The molecular formula is C19H17FN10O. The van der Waals surface area contributed by atoms with E-state index in [2.05, 4.69) is 32.0 Å². The van der Waals surface area contributed by atoms with Crippen molar-refractivity contribution in [1.82, 2.24) is 30.5 Å². The lowest BCUT2D eigenvalue weighted by Gasteiger charge is -2.31. The topological polar surface area (TPSA) is 134 Å². The van der Waals surface area contributed by atoms with Gasteiger partial charge in [-0.25, -0.2) is 9.40 Å². The highest BCUT2D eigenvalue weighted by Gasteiger charge is 2.29. The molecule has 11 nitrogen and oxygen atoms in total. The van der Waals surface area contributed by atoms with Crippen molar-refractivity contribution in [2.45, 2.75) is 19.6 Å². The molecule has 4 heterocycles. The molecule has 2 aliphatic heterocycles. The Morgan fingerprint density at radius 2 is 2.16 bits per heavy atom. The fourth-order valence-corrected chi connectivity index (χ4v) is 3.70. The number of aryl methyl sites for hydroxylation is 1. The lowest BCUT2D eigenvalue weighted by atomic mass is 10.1. The number of aromatic nitrogens is 4. The van der Waals surface area contributed by atoms with Crippen LogP contribution in [0.4, 0.5) is 15.9 Å². The predicted octanol–water partition coefficient (Wildman–Crippen LogP) is 1.61. The molecule has 2 aliphatic rings. The van der Waals surface area contributed by atoms with Crippen LogP contribution < -0.4 is 21.1 Å². The summed E-state index contributed by atoms with van der Waals surface area (Å²) in [6.07, 6.45) is 0.993. The van der Waals surface area contributed by atoms with Gasteiger partial charge < -0.3 is 10.5 Å². The zero-order chi connectivity index (χ0) is 21.7. The van der Waals surface area contributed by atoms with Crippen molar-refractivity contribution < 1.29 is 9.13 Å². The molecule has 3 aromatic rings. The second kappa shape index (κ2) is 6.84. The van der Waals surface area contributed by atoms with Crippen molar-refractivity contribution in [3.05, 3.63) is 47.0 Å². The Balaban J connectivity index is 1.76. The fraction of sp³-hybridized carbons (Fsp3) is 0.211. The number of nitrogen functional groups attached to an aromatic ring is 1. The van der Waals surface area contributed by atoms with Crippen LogP contribution in [0.2, 0.25) is 0 Å². The molecule has 0 fully saturated rings. The summed E-state index contributed by atoms with van der Waals surface area (Å²) >= 11 is 0. The van der Waals surface area contributed by atoms with E-state index in [0.29, 0.717) is 33.9 Å². The first kappa shape index (κ1) is 18.6. The van der Waals surface area contributed by atoms with Gasteiger partial charge in [-0.15, -0.1) is 15.3 Å². The molecule has 0 amide bonds. The second-order valence-electron chi connectivity index (χ2n) is 7.10. The molecule has 0 saturated heterocycles. The fourth-order valence-electron chi connectivity index (χ4n) is 3.70. The maximum Gasteiger partial charge on any atom is 0.188 e. The predicted molar refractivity (Wildman–Crippen MR) is 108 cm³/mol. The number of nitrogens with zero attached hydrogens (tertiary/aromatic N) is 8. The highest BCUT2D eigenvalue weighted by molar-refractivity contribution is 5.72. The molecule has 0 saturated carbocycles. The quantitative estimate of drug-likeness (QED) is 0.556. The Morgan fingerprint density at radius 3 is 2.97 bits per heavy atom. The van der Waals surface area contributed by atoms with Gasteiger partial charge in [-0.1, -0.05) is 0 Å². The van der Waals surface area contributed by atoms with Crippen LogP contribution >= 0.6 is 0 Å². The highest BCUT2D eigenvalue weighted by atomic mass is 19.1. The molecule has 0 radical (unpaired) electrons. The van der Waals surface area contributed by atoms with Gasteiger partial charge >= 0.3 is 0 Å². The molecule has 2 aromatic heterocycles. The smallest absolute Gasteiger partial charge is 0.188 e. The summed E-state index contributed by atoms with van der Waals surface area (Å²) in [5.74, 6) is -0.0477. The van der Waals surface area contributed by atoms with Crippen LogP contribution in [-0.2, 0) is 13.6 Å². The number of nitrogens with one attached hydrogen (secondary N) is 1. The maximum atomic E-state index is 14.1. The first-order valence-corrected chi connectivity index (χ1v) is 9.37. The summed E-state index contributed by atoms with van der Waals surface area (Å²) in [6.45, 7) is 2.04. The number of hydrazone groups is 1. The minimum atomic E-state index is -0.586. The SMILES string of the molecule is CC1Oc2cc(nnc2N)-c2c(nn(C)c2C#N)CN2C=NNN2c2ccc(F)cc21. The van der Waals surface area contributed by atoms with Crippen LogP contribution in [0.15, 0.2) is 29.4 Å². The first-order chi connectivity index (χ1) is 15.0. The van der Waals surface area contributed by atoms with E-state index >= 15 is 0 Å². The third-order valence-corrected chi connectivity index (χ3v) is 5.14. The summed E-state index contributed by atoms with van der Waals surface area (Å²) in [5, 5.41) is 29.9. The number of nitrogens with two attached hydrogens (primary N) is 1. The number of benzene rings is 1. The number of rotatable bonds is 0. The Labute approximate surface area is 176 Å². The van der Waals surface area contributed by atoms with Gasteiger partial charge in [0.05, 0.1) is 23.5 Å². The van der Waals surface area contributed by atoms with Crippen LogP contribution in [0.5, 0.6) is 5.75 Å². The number of hydrazine groups is 2. The normalized spacial score (nSPS) is 16.8. The lowest BCUT2D eigenvalue weighted by Crippen LogP contribution is -2.43. The number of halogens is 1. The van der Waals surface area contributed by atoms with Gasteiger partial charge in [0, 0.05) is 18.7 Å². The third-order valence-electron chi connectivity index (χ3n) is 5.14. The average Bonchev–Trinajstić information content (AvgIpc) is 3.32. The minimum absolute atomic E-state index is 0.0822. The molecule has 0 aliphatic carbocycles. The summed E-state index contributed by atoms with van der Waals surface area (Å²) in [5.41, 5.74) is 11.9. The Morgan fingerprint density at radius 1 is 1.32 bits per heavy atom. The van der Waals surface area contributed by atoms with Crippen molar-refractivity contribution in [1.29, 1.82) is 5.26 Å². The van der Waals surface area contributed by atoms with Gasteiger partial charge in [-0.2, -0.15) is 21.0 Å². The van der Waals surface area contributed by atoms with E-state index in [1.807, 2.05) is 0 Å². The van der Waals surface area contributed by atoms with Crippen LogP contribution in [-0.4, -0.2) is 31.3 Å². The summed E-state index contributed by atoms with van der Waals surface area (Å²) in [7, 11) is 1.68. The van der Waals surface area contributed by atoms with Gasteiger partial charge in [0.1, 0.15) is 35.7 Å². The largest absolute Gasteiger partial charge is 0.482 e. The van der Waals surface area contributed by atoms with E-state index in [4.69, 9.17) is 10.5 Å². The molecule has 5 rings (SSSR count). The van der Waals surface area contributed by atoms with Crippen LogP contribution in [0.1, 0.15) is 30.0 Å². The molecular weight excluding hydrogens is 403 g/mol.